The van der Waals surface area contributed by atoms with Gasteiger partial charge in [-0.2, -0.15) is 0 Å². The minimum Gasteiger partial charge on any atom is -0.339 e. The molecule has 0 aliphatic heterocycles. The average Bonchev–Trinajstić information content (AvgIpc) is 2.57. The molecular formula is C19H22N2O2. The number of benzene rings is 2. The van der Waals surface area contributed by atoms with Crippen LogP contribution in [-0.2, 0) is 0 Å². The minimum atomic E-state index is -0.147. The lowest BCUT2D eigenvalue weighted by molar-refractivity contribution is 0.0773. The van der Waals surface area contributed by atoms with Crippen molar-refractivity contribution in [2.75, 3.05) is 18.4 Å². The smallest absolute Gasteiger partial charge is 0.255 e. The van der Waals surface area contributed by atoms with Crippen LogP contribution < -0.4 is 5.32 Å². The van der Waals surface area contributed by atoms with Gasteiger partial charge in [0, 0.05) is 29.9 Å². The number of hydrogen-bond donors (Lipinski definition) is 1. The van der Waals surface area contributed by atoms with Gasteiger partial charge in [0.25, 0.3) is 11.8 Å². The number of hydrogen-bond acceptors (Lipinski definition) is 2. The number of carbonyl (C=O) groups is 2. The van der Waals surface area contributed by atoms with Gasteiger partial charge >= 0.3 is 0 Å². The third-order valence-electron chi connectivity index (χ3n) is 3.83. The molecule has 2 rings (SSSR count). The summed E-state index contributed by atoms with van der Waals surface area (Å²) >= 11 is 0. The lowest BCUT2D eigenvalue weighted by Gasteiger charge is -2.18. The Morgan fingerprint density at radius 1 is 0.957 bits per heavy atom. The van der Waals surface area contributed by atoms with Gasteiger partial charge in [-0.05, 0) is 56.7 Å². The zero-order chi connectivity index (χ0) is 16.8. The summed E-state index contributed by atoms with van der Waals surface area (Å²) in [5.41, 5.74) is 2.88. The molecule has 2 amide bonds. The second-order valence-corrected chi connectivity index (χ2v) is 5.32. The first kappa shape index (κ1) is 16.7. The highest BCUT2D eigenvalue weighted by molar-refractivity contribution is 6.05. The first-order valence-corrected chi connectivity index (χ1v) is 7.83. The molecule has 0 aliphatic carbocycles. The summed E-state index contributed by atoms with van der Waals surface area (Å²) in [5, 5.41) is 2.86. The van der Waals surface area contributed by atoms with E-state index in [9.17, 15) is 9.59 Å². The largest absolute Gasteiger partial charge is 0.339 e. The second-order valence-electron chi connectivity index (χ2n) is 5.32. The van der Waals surface area contributed by atoms with Crippen LogP contribution >= 0.6 is 0 Å². The van der Waals surface area contributed by atoms with Crippen LogP contribution in [-0.4, -0.2) is 29.8 Å². The fourth-order valence-electron chi connectivity index (χ4n) is 2.42. The van der Waals surface area contributed by atoms with Crippen LogP contribution in [0.15, 0.2) is 48.5 Å². The van der Waals surface area contributed by atoms with Crippen LogP contribution in [0.3, 0.4) is 0 Å². The highest BCUT2D eigenvalue weighted by atomic mass is 16.2. The van der Waals surface area contributed by atoms with Crippen LogP contribution in [0.1, 0.15) is 40.1 Å². The predicted octanol–water partition coefficient (Wildman–Crippen LogP) is 3.73. The summed E-state index contributed by atoms with van der Waals surface area (Å²) in [7, 11) is 0. The number of amides is 2. The fourth-order valence-corrected chi connectivity index (χ4v) is 2.42. The van der Waals surface area contributed by atoms with Crippen molar-refractivity contribution < 1.29 is 9.59 Å². The van der Waals surface area contributed by atoms with E-state index in [1.165, 1.54) is 0 Å². The molecule has 0 unspecified atom stereocenters. The van der Waals surface area contributed by atoms with Crippen LogP contribution in [0.5, 0.6) is 0 Å². The molecule has 0 spiro atoms. The van der Waals surface area contributed by atoms with E-state index in [4.69, 9.17) is 0 Å². The third kappa shape index (κ3) is 3.97. The molecular weight excluding hydrogens is 288 g/mol. The van der Waals surface area contributed by atoms with E-state index in [-0.39, 0.29) is 11.8 Å². The lowest BCUT2D eigenvalue weighted by atomic mass is 10.1. The van der Waals surface area contributed by atoms with E-state index in [2.05, 4.69) is 5.32 Å². The maximum absolute atomic E-state index is 12.3. The zero-order valence-electron chi connectivity index (χ0n) is 13.8. The molecule has 2 aromatic rings. The molecule has 1 N–H and O–H groups in total. The van der Waals surface area contributed by atoms with Crippen molar-refractivity contribution >= 4 is 17.5 Å². The Labute approximate surface area is 137 Å². The molecule has 0 fully saturated rings. The minimum absolute atomic E-state index is 0.00628. The predicted molar refractivity (Wildman–Crippen MR) is 92.8 cm³/mol. The molecule has 120 valence electrons. The van der Waals surface area contributed by atoms with E-state index in [1.807, 2.05) is 39.0 Å². The molecule has 0 aromatic heterocycles. The molecule has 0 aliphatic rings. The second kappa shape index (κ2) is 7.58. The topological polar surface area (TPSA) is 49.4 Å². The first-order valence-electron chi connectivity index (χ1n) is 7.83. The van der Waals surface area contributed by atoms with Crippen molar-refractivity contribution in [2.45, 2.75) is 20.8 Å². The zero-order valence-corrected chi connectivity index (χ0v) is 13.8. The maximum atomic E-state index is 12.3. The molecule has 4 heteroatoms. The summed E-state index contributed by atoms with van der Waals surface area (Å²) < 4.78 is 0. The van der Waals surface area contributed by atoms with Gasteiger partial charge in [-0.1, -0.05) is 18.2 Å². The molecule has 0 radical (unpaired) electrons. The lowest BCUT2D eigenvalue weighted by Crippen LogP contribution is -2.30. The van der Waals surface area contributed by atoms with Crippen molar-refractivity contribution in [3.8, 4) is 0 Å². The SMILES string of the molecule is CCN(CC)C(=O)c1ccc(NC(=O)c2ccccc2C)cc1. The number of nitrogens with one attached hydrogen (secondary N) is 1. The highest BCUT2D eigenvalue weighted by Crippen LogP contribution is 2.14. The van der Waals surface area contributed by atoms with Crippen LogP contribution in [0, 0.1) is 6.92 Å². The van der Waals surface area contributed by atoms with Gasteiger partial charge in [-0.3, -0.25) is 9.59 Å². The summed E-state index contributed by atoms with van der Waals surface area (Å²) in [6, 6.07) is 14.4. The fraction of sp³-hybridized carbons (Fsp3) is 0.263. The summed E-state index contributed by atoms with van der Waals surface area (Å²) in [5.74, 6) is -0.141. The Bertz CT molecular complexity index is 689. The number of rotatable bonds is 5. The van der Waals surface area contributed by atoms with Gasteiger partial charge in [-0.15, -0.1) is 0 Å². The molecule has 4 nitrogen and oxygen atoms in total. The van der Waals surface area contributed by atoms with Gasteiger partial charge < -0.3 is 10.2 Å². The van der Waals surface area contributed by atoms with E-state index in [1.54, 1.807) is 35.2 Å². The Hall–Kier alpha value is -2.62. The van der Waals surface area contributed by atoms with Gasteiger partial charge in [-0.25, -0.2) is 0 Å². The van der Waals surface area contributed by atoms with E-state index in [0.717, 1.165) is 5.56 Å². The summed E-state index contributed by atoms with van der Waals surface area (Å²) in [6.45, 7) is 7.18. The number of anilines is 1. The van der Waals surface area contributed by atoms with Crippen LogP contribution in [0.25, 0.3) is 0 Å². The Morgan fingerprint density at radius 2 is 1.57 bits per heavy atom. The van der Waals surface area contributed by atoms with Crippen molar-refractivity contribution in [1.82, 2.24) is 4.90 Å². The summed E-state index contributed by atoms with van der Waals surface area (Å²) in [4.78, 5) is 26.3. The molecule has 0 atom stereocenters. The van der Waals surface area contributed by atoms with Crippen molar-refractivity contribution in [3.63, 3.8) is 0 Å². The molecule has 0 heterocycles. The average molecular weight is 310 g/mol. The molecule has 0 saturated heterocycles. The molecule has 23 heavy (non-hydrogen) atoms. The Morgan fingerprint density at radius 3 is 2.13 bits per heavy atom. The quantitative estimate of drug-likeness (QED) is 0.915. The van der Waals surface area contributed by atoms with Crippen molar-refractivity contribution in [3.05, 3.63) is 65.2 Å². The number of nitrogens with zero attached hydrogens (tertiary/aromatic N) is 1. The van der Waals surface area contributed by atoms with Crippen LogP contribution in [0.4, 0.5) is 5.69 Å². The van der Waals surface area contributed by atoms with Crippen molar-refractivity contribution in [1.29, 1.82) is 0 Å². The maximum Gasteiger partial charge on any atom is 0.255 e. The van der Waals surface area contributed by atoms with Crippen LogP contribution in [0.2, 0.25) is 0 Å². The summed E-state index contributed by atoms with van der Waals surface area (Å²) in [6.07, 6.45) is 0. The Balaban J connectivity index is 2.10. The van der Waals surface area contributed by atoms with Gasteiger partial charge in [0.15, 0.2) is 0 Å². The number of carbonyl (C=O) groups excluding carboxylic acids is 2. The highest BCUT2D eigenvalue weighted by Gasteiger charge is 2.13. The van der Waals surface area contributed by atoms with E-state index < -0.39 is 0 Å². The molecule has 2 aromatic carbocycles. The Kier molecular flexibility index (Phi) is 5.52. The normalized spacial score (nSPS) is 10.2. The number of aryl methyl sites for hydroxylation is 1. The van der Waals surface area contributed by atoms with E-state index >= 15 is 0 Å². The van der Waals surface area contributed by atoms with Crippen molar-refractivity contribution in [2.24, 2.45) is 0 Å². The first-order chi connectivity index (χ1) is 11.1. The third-order valence-corrected chi connectivity index (χ3v) is 3.83. The van der Waals surface area contributed by atoms with E-state index in [0.29, 0.717) is 29.9 Å². The monoisotopic (exact) mass is 310 g/mol. The standard InChI is InChI=1S/C19H22N2O2/c1-4-21(5-2)19(23)15-10-12-16(13-11-15)20-18(22)17-9-7-6-8-14(17)3/h6-13H,4-5H2,1-3H3,(H,20,22). The van der Waals surface area contributed by atoms with Gasteiger partial charge in [0.05, 0.1) is 0 Å². The molecule has 0 bridgehead atoms. The van der Waals surface area contributed by atoms with Gasteiger partial charge in [0.2, 0.25) is 0 Å². The van der Waals surface area contributed by atoms with Gasteiger partial charge in [0.1, 0.15) is 0 Å². The molecule has 0 saturated carbocycles.